The van der Waals surface area contributed by atoms with Gasteiger partial charge in [-0.05, 0) is 29.7 Å². The van der Waals surface area contributed by atoms with Gasteiger partial charge in [0.15, 0.2) is 5.96 Å². The summed E-state index contributed by atoms with van der Waals surface area (Å²) >= 11 is 0. The van der Waals surface area contributed by atoms with Gasteiger partial charge in [0.05, 0.1) is 5.69 Å². The smallest absolute Gasteiger partial charge is 0.315 e. The molecule has 2 aromatic carbocycles. The van der Waals surface area contributed by atoms with Crippen molar-refractivity contribution in [2.75, 3.05) is 6.54 Å². The van der Waals surface area contributed by atoms with Crippen molar-refractivity contribution in [3.05, 3.63) is 65.7 Å². The van der Waals surface area contributed by atoms with Crippen molar-refractivity contribution in [2.24, 2.45) is 16.5 Å². The standard InChI is InChI=1S/C19H20N4O3/c20-17(21)23-15-8-4-7-14(9-15)18(11-22-12-24)10-19(18,16(25)26)13-5-2-1-3-6-13/h1-9,12H,10-11H2,(H,22,24)(H,25,26)(H4,20,21,23). The summed E-state index contributed by atoms with van der Waals surface area (Å²) in [6, 6.07) is 16.2. The molecule has 0 aliphatic heterocycles. The lowest BCUT2D eigenvalue weighted by Gasteiger charge is -2.24. The van der Waals surface area contributed by atoms with E-state index in [-0.39, 0.29) is 12.5 Å². The third-order valence-corrected chi connectivity index (χ3v) is 5.03. The molecule has 26 heavy (non-hydrogen) atoms. The molecule has 1 aliphatic carbocycles. The Kier molecular flexibility index (Phi) is 4.38. The number of hydrogen-bond donors (Lipinski definition) is 4. The minimum absolute atomic E-state index is 0.0782. The maximum absolute atomic E-state index is 12.3. The Morgan fingerprint density at radius 2 is 1.85 bits per heavy atom. The second-order valence-electron chi connectivity index (χ2n) is 6.42. The van der Waals surface area contributed by atoms with Gasteiger partial charge < -0.3 is 21.9 Å². The molecule has 7 heteroatoms. The maximum atomic E-state index is 12.3. The van der Waals surface area contributed by atoms with Crippen LogP contribution in [-0.2, 0) is 20.4 Å². The summed E-state index contributed by atoms with van der Waals surface area (Å²) in [6.45, 7) is 0.197. The van der Waals surface area contributed by atoms with Crippen LogP contribution in [0.15, 0.2) is 59.6 Å². The van der Waals surface area contributed by atoms with Crippen LogP contribution in [-0.4, -0.2) is 30.0 Å². The topological polar surface area (TPSA) is 131 Å². The normalized spacial score (nSPS) is 23.7. The average molecular weight is 352 g/mol. The molecule has 3 rings (SSSR count). The van der Waals surface area contributed by atoms with Gasteiger partial charge in [-0.2, -0.15) is 0 Å². The highest BCUT2D eigenvalue weighted by Gasteiger charge is 2.73. The largest absolute Gasteiger partial charge is 0.481 e. The first-order valence-electron chi connectivity index (χ1n) is 8.12. The number of guanidine groups is 1. The zero-order valence-corrected chi connectivity index (χ0v) is 14.1. The number of aliphatic imine (C=N–C) groups is 1. The monoisotopic (exact) mass is 352 g/mol. The number of benzene rings is 2. The van der Waals surface area contributed by atoms with Gasteiger partial charge in [0.25, 0.3) is 0 Å². The summed E-state index contributed by atoms with van der Waals surface area (Å²) in [5.41, 5.74) is 11.0. The summed E-state index contributed by atoms with van der Waals surface area (Å²) in [6.07, 6.45) is 0.947. The molecule has 0 radical (unpaired) electrons. The second-order valence-corrected chi connectivity index (χ2v) is 6.42. The SMILES string of the molecule is NC(N)=Nc1cccc(C2(CNC=O)CC2(C(=O)O)c2ccccc2)c1. The summed E-state index contributed by atoms with van der Waals surface area (Å²) in [4.78, 5) is 27.3. The van der Waals surface area contributed by atoms with Gasteiger partial charge in [-0.1, -0.05) is 42.5 Å². The summed E-state index contributed by atoms with van der Waals surface area (Å²) in [5, 5.41) is 12.7. The van der Waals surface area contributed by atoms with Crippen LogP contribution in [0.4, 0.5) is 5.69 Å². The zero-order valence-electron chi connectivity index (χ0n) is 14.1. The van der Waals surface area contributed by atoms with Crippen LogP contribution in [0.2, 0.25) is 0 Å². The molecule has 2 atom stereocenters. The lowest BCUT2D eigenvalue weighted by molar-refractivity contribution is -0.140. The number of nitrogens with one attached hydrogen (secondary N) is 1. The molecule has 1 amide bonds. The summed E-state index contributed by atoms with van der Waals surface area (Å²) in [7, 11) is 0. The molecular formula is C19H20N4O3. The summed E-state index contributed by atoms with van der Waals surface area (Å²) < 4.78 is 0. The Balaban J connectivity index is 2.14. The van der Waals surface area contributed by atoms with Gasteiger partial charge in [0, 0.05) is 12.0 Å². The number of amides is 1. The Morgan fingerprint density at radius 1 is 1.15 bits per heavy atom. The van der Waals surface area contributed by atoms with Crippen LogP contribution in [0, 0.1) is 0 Å². The minimum atomic E-state index is -1.12. The average Bonchev–Trinajstić information content (AvgIpc) is 3.32. The molecule has 0 heterocycles. The predicted octanol–water partition coefficient (Wildman–Crippen LogP) is 1.00. The first-order valence-corrected chi connectivity index (χ1v) is 8.12. The van der Waals surface area contributed by atoms with Crippen molar-refractivity contribution in [2.45, 2.75) is 17.3 Å². The van der Waals surface area contributed by atoms with Crippen molar-refractivity contribution < 1.29 is 14.7 Å². The molecule has 1 saturated carbocycles. The Morgan fingerprint density at radius 3 is 2.46 bits per heavy atom. The zero-order chi connectivity index (χ0) is 18.8. The van der Waals surface area contributed by atoms with Crippen LogP contribution >= 0.6 is 0 Å². The number of carbonyl (C=O) groups excluding carboxylic acids is 1. The number of rotatable bonds is 7. The first-order chi connectivity index (χ1) is 12.5. The van der Waals surface area contributed by atoms with Crippen molar-refractivity contribution in [3.8, 4) is 0 Å². The molecule has 0 bridgehead atoms. The molecular weight excluding hydrogens is 332 g/mol. The van der Waals surface area contributed by atoms with Gasteiger partial charge >= 0.3 is 5.97 Å². The van der Waals surface area contributed by atoms with E-state index in [0.717, 1.165) is 5.56 Å². The van der Waals surface area contributed by atoms with Crippen LogP contribution in [0.3, 0.4) is 0 Å². The van der Waals surface area contributed by atoms with E-state index in [1.54, 1.807) is 30.3 Å². The number of nitrogens with zero attached hydrogens (tertiary/aromatic N) is 1. The van der Waals surface area contributed by atoms with Crippen molar-refractivity contribution in [3.63, 3.8) is 0 Å². The maximum Gasteiger partial charge on any atom is 0.315 e. The fraction of sp³-hybridized carbons (Fsp3) is 0.211. The van der Waals surface area contributed by atoms with E-state index in [0.29, 0.717) is 24.1 Å². The second kappa shape index (κ2) is 6.51. The number of nitrogens with two attached hydrogens (primary N) is 2. The van der Waals surface area contributed by atoms with Gasteiger partial charge in [-0.15, -0.1) is 0 Å². The molecule has 2 unspecified atom stereocenters. The first kappa shape index (κ1) is 17.5. The van der Waals surface area contributed by atoms with E-state index < -0.39 is 16.8 Å². The molecule has 1 aliphatic rings. The Labute approximate surface area is 150 Å². The minimum Gasteiger partial charge on any atom is -0.481 e. The third-order valence-electron chi connectivity index (χ3n) is 5.03. The molecule has 0 aromatic heterocycles. The van der Waals surface area contributed by atoms with Gasteiger partial charge in [-0.3, -0.25) is 9.59 Å². The van der Waals surface area contributed by atoms with Gasteiger partial charge in [-0.25, -0.2) is 4.99 Å². The third kappa shape index (κ3) is 2.67. The number of carboxylic acids is 1. The fourth-order valence-corrected chi connectivity index (χ4v) is 3.82. The molecule has 2 aromatic rings. The van der Waals surface area contributed by atoms with E-state index in [4.69, 9.17) is 11.5 Å². The van der Waals surface area contributed by atoms with E-state index in [2.05, 4.69) is 10.3 Å². The molecule has 7 nitrogen and oxygen atoms in total. The Hall–Kier alpha value is -3.35. The van der Waals surface area contributed by atoms with E-state index in [1.807, 2.05) is 24.3 Å². The number of hydrogen-bond acceptors (Lipinski definition) is 3. The van der Waals surface area contributed by atoms with Crippen molar-refractivity contribution >= 4 is 24.0 Å². The van der Waals surface area contributed by atoms with E-state index in [9.17, 15) is 14.7 Å². The highest BCUT2D eigenvalue weighted by atomic mass is 16.4. The van der Waals surface area contributed by atoms with Crippen LogP contribution in [0.1, 0.15) is 17.5 Å². The highest BCUT2D eigenvalue weighted by molar-refractivity contribution is 5.90. The van der Waals surface area contributed by atoms with E-state index in [1.165, 1.54) is 0 Å². The van der Waals surface area contributed by atoms with Crippen LogP contribution in [0.25, 0.3) is 0 Å². The van der Waals surface area contributed by atoms with Crippen molar-refractivity contribution in [1.29, 1.82) is 0 Å². The Bertz CT molecular complexity index is 864. The molecule has 6 N–H and O–H groups in total. The highest BCUT2D eigenvalue weighted by Crippen LogP contribution is 2.65. The lowest BCUT2D eigenvalue weighted by atomic mass is 9.81. The number of carbonyl (C=O) groups is 2. The fourth-order valence-electron chi connectivity index (χ4n) is 3.82. The molecule has 1 fully saturated rings. The lowest BCUT2D eigenvalue weighted by Crippen LogP contribution is -2.37. The number of carboxylic acid groups (broad SMARTS) is 1. The van der Waals surface area contributed by atoms with E-state index >= 15 is 0 Å². The summed E-state index contributed by atoms with van der Waals surface area (Å²) in [5.74, 6) is -1.01. The molecule has 0 saturated heterocycles. The van der Waals surface area contributed by atoms with Gasteiger partial charge in [0.2, 0.25) is 6.41 Å². The van der Waals surface area contributed by atoms with Gasteiger partial charge in [0.1, 0.15) is 5.41 Å². The number of aliphatic carboxylic acids is 1. The van der Waals surface area contributed by atoms with Crippen molar-refractivity contribution in [1.82, 2.24) is 5.32 Å². The van der Waals surface area contributed by atoms with Crippen LogP contribution in [0.5, 0.6) is 0 Å². The molecule has 0 spiro atoms. The quantitative estimate of drug-likeness (QED) is 0.335. The predicted molar refractivity (Wildman–Crippen MR) is 98.0 cm³/mol. The molecule has 134 valence electrons. The van der Waals surface area contributed by atoms with Crippen LogP contribution < -0.4 is 16.8 Å².